The zero-order valence-corrected chi connectivity index (χ0v) is 9.80. The van der Waals surface area contributed by atoms with Gasteiger partial charge in [-0.05, 0) is 33.0 Å². The number of nitrogens with zero attached hydrogens (tertiary/aromatic N) is 1. The summed E-state index contributed by atoms with van der Waals surface area (Å²) < 4.78 is 0.977. The first-order valence-electron chi connectivity index (χ1n) is 4.27. The summed E-state index contributed by atoms with van der Waals surface area (Å²) in [6.07, 6.45) is 3.58. The van der Waals surface area contributed by atoms with Crippen LogP contribution < -0.4 is 5.73 Å². The minimum absolute atomic E-state index is 0.0255. The lowest BCUT2D eigenvalue weighted by molar-refractivity contribution is 0.326. The number of aromatic nitrogens is 1. The maximum absolute atomic E-state index is 6.08. The Hall–Kier alpha value is -0.410. The van der Waals surface area contributed by atoms with Crippen LogP contribution in [0.4, 0.5) is 0 Å². The highest BCUT2D eigenvalue weighted by Crippen LogP contribution is 2.30. The normalized spacial score (nSPS) is 14.2. The molecule has 1 heterocycles. The lowest BCUT2D eigenvalue weighted by atomic mass is 9.84. The molecule has 3 heteroatoms. The van der Waals surface area contributed by atoms with Crippen molar-refractivity contribution >= 4 is 15.9 Å². The molecular weight excluding hydrogens is 228 g/mol. The lowest BCUT2D eigenvalue weighted by Gasteiger charge is -2.27. The number of rotatable bonds is 1. The van der Waals surface area contributed by atoms with Gasteiger partial charge in [-0.2, -0.15) is 0 Å². The van der Waals surface area contributed by atoms with E-state index in [0.29, 0.717) is 0 Å². The molecule has 13 heavy (non-hydrogen) atoms. The fraction of sp³-hybridized carbons (Fsp3) is 0.500. The predicted octanol–water partition coefficient (Wildman–Crippen LogP) is 2.89. The number of nitrogens with two attached hydrogens (primary N) is 1. The average molecular weight is 243 g/mol. The highest BCUT2D eigenvalue weighted by atomic mass is 79.9. The summed E-state index contributed by atoms with van der Waals surface area (Å²) in [6, 6.07) is 2.04. The van der Waals surface area contributed by atoms with Crippen LogP contribution in [0.15, 0.2) is 22.9 Å². The second-order valence-electron chi connectivity index (χ2n) is 4.28. The molecule has 1 rings (SSSR count). The van der Waals surface area contributed by atoms with E-state index in [-0.39, 0.29) is 11.5 Å². The summed E-state index contributed by atoms with van der Waals surface area (Å²) in [5.74, 6) is 0. The molecule has 1 aromatic heterocycles. The van der Waals surface area contributed by atoms with Crippen molar-refractivity contribution in [3.05, 3.63) is 28.5 Å². The third-order valence-corrected chi connectivity index (χ3v) is 2.45. The van der Waals surface area contributed by atoms with E-state index < -0.39 is 0 Å². The van der Waals surface area contributed by atoms with E-state index in [2.05, 4.69) is 41.7 Å². The molecule has 0 fully saturated rings. The van der Waals surface area contributed by atoms with Crippen LogP contribution in [-0.2, 0) is 0 Å². The first kappa shape index (κ1) is 10.7. The molecule has 0 radical (unpaired) electrons. The van der Waals surface area contributed by atoms with E-state index in [0.717, 1.165) is 10.0 Å². The third kappa shape index (κ3) is 2.78. The number of hydrogen-bond donors (Lipinski definition) is 1. The van der Waals surface area contributed by atoms with Gasteiger partial charge in [-0.15, -0.1) is 0 Å². The lowest BCUT2D eigenvalue weighted by Crippen LogP contribution is -2.26. The Balaban J connectivity index is 2.96. The first-order chi connectivity index (χ1) is 5.91. The van der Waals surface area contributed by atoms with Gasteiger partial charge in [0.1, 0.15) is 0 Å². The molecule has 72 valence electrons. The van der Waals surface area contributed by atoms with E-state index in [4.69, 9.17) is 5.73 Å². The van der Waals surface area contributed by atoms with Crippen molar-refractivity contribution in [2.75, 3.05) is 0 Å². The van der Waals surface area contributed by atoms with Crippen LogP contribution >= 0.6 is 15.9 Å². The Morgan fingerprint density at radius 3 is 2.46 bits per heavy atom. The van der Waals surface area contributed by atoms with Crippen LogP contribution in [0.1, 0.15) is 32.4 Å². The van der Waals surface area contributed by atoms with E-state index in [1.807, 2.05) is 12.3 Å². The molecule has 0 bridgehead atoms. The van der Waals surface area contributed by atoms with Gasteiger partial charge in [0.15, 0.2) is 0 Å². The van der Waals surface area contributed by atoms with Crippen molar-refractivity contribution in [2.24, 2.45) is 11.1 Å². The highest BCUT2D eigenvalue weighted by molar-refractivity contribution is 9.10. The summed E-state index contributed by atoms with van der Waals surface area (Å²) in [6.45, 7) is 6.37. The second kappa shape index (κ2) is 3.76. The van der Waals surface area contributed by atoms with E-state index in [1.165, 1.54) is 0 Å². The van der Waals surface area contributed by atoms with Gasteiger partial charge in [0, 0.05) is 22.9 Å². The molecule has 1 aromatic rings. The van der Waals surface area contributed by atoms with Gasteiger partial charge >= 0.3 is 0 Å². The highest BCUT2D eigenvalue weighted by Gasteiger charge is 2.22. The van der Waals surface area contributed by atoms with Crippen LogP contribution in [0.5, 0.6) is 0 Å². The van der Waals surface area contributed by atoms with Gasteiger partial charge < -0.3 is 5.73 Å². The van der Waals surface area contributed by atoms with E-state index >= 15 is 0 Å². The van der Waals surface area contributed by atoms with Gasteiger partial charge in [0.05, 0.1) is 0 Å². The molecule has 0 amide bonds. The third-order valence-electron chi connectivity index (χ3n) is 2.02. The monoisotopic (exact) mass is 242 g/mol. The quantitative estimate of drug-likeness (QED) is 0.823. The zero-order chi connectivity index (χ0) is 10.1. The van der Waals surface area contributed by atoms with Crippen molar-refractivity contribution < 1.29 is 0 Å². The van der Waals surface area contributed by atoms with Crippen LogP contribution in [0.3, 0.4) is 0 Å². The van der Waals surface area contributed by atoms with Crippen LogP contribution in [-0.4, -0.2) is 4.98 Å². The van der Waals surface area contributed by atoms with Gasteiger partial charge in [0.2, 0.25) is 0 Å². The maximum atomic E-state index is 6.08. The molecule has 0 saturated heterocycles. The van der Waals surface area contributed by atoms with E-state index in [9.17, 15) is 0 Å². The molecule has 0 aromatic carbocycles. The minimum Gasteiger partial charge on any atom is -0.323 e. The molecular formula is C10H15BrN2. The Morgan fingerprint density at radius 2 is 2.00 bits per heavy atom. The van der Waals surface area contributed by atoms with Crippen molar-refractivity contribution in [3.63, 3.8) is 0 Å². The Morgan fingerprint density at radius 1 is 1.38 bits per heavy atom. The molecule has 0 aliphatic rings. The zero-order valence-electron chi connectivity index (χ0n) is 8.21. The van der Waals surface area contributed by atoms with E-state index in [1.54, 1.807) is 6.20 Å². The molecule has 0 aliphatic carbocycles. The van der Waals surface area contributed by atoms with Crippen molar-refractivity contribution in [2.45, 2.75) is 26.8 Å². The fourth-order valence-corrected chi connectivity index (χ4v) is 1.48. The molecule has 0 spiro atoms. The summed E-state index contributed by atoms with van der Waals surface area (Å²) in [7, 11) is 0. The predicted molar refractivity (Wildman–Crippen MR) is 58.3 cm³/mol. The van der Waals surface area contributed by atoms with Crippen LogP contribution in [0.25, 0.3) is 0 Å². The molecule has 0 saturated carbocycles. The topological polar surface area (TPSA) is 38.9 Å². The summed E-state index contributed by atoms with van der Waals surface area (Å²) in [5.41, 5.74) is 7.22. The van der Waals surface area contributed by atoms with Crippen molar-refractivity contribution in [1.29, 1.82) is 0 Å². The number of halogens is 1. The molecule has 0 unspecified atom stereocenters. The Labute approximate surface area is 87.7 Å². The summed E-state index contributed by atoms with van der Waals surface area (Å²) in [5, 5.41) is 0. The standard InChI is InChI=1S/C10H15BrN2/c1-10(2,3)9(12)7-4-8(11)6-13-5-7/h4-6,9H,12H2,1-3H3/t9-/m1/s1. The van der Waals surface area contributed by atoms with Gasteiger partial charge in [-0.25, -0.2) is 0 Å². The molecule has 1 atom stereocenters. The van der Waals surface area contributed by atoms with Crippen LogP contribution in [0.2, 0.25) is 0 Å². The second-order valence-corrected chi connectivity index (χ2v) is 5.20. The largest absolute Gasteiger partial charge is 0.323 e. The molecule has 2 N–H and O–H groups in total. The SMILES string of the molecule is CC(C)(C)[C@H](N)c1cncc(Br)c1. The number of pyridine rings is 1. The van der Waals surface area contributed by atoms with Crippen molar-refractivity contribution in [1.82, 2.24) is 4.98 Å². The maximum Gasteiger partial charge on any atom is 0.0410 e. The molecule has 2 nitrogen and oxygen atoms in total. The minimum atomic E-state index is 0.0255. The van der Waals surface area contributed by atoms with Crippen molar-refractivity contribution in [3.8, 4) is 0 Å². The fourth-order valence-electron chi connectivity index (χ4n) is 1.10. The smallest absolute Gasteiger partial charge is 0.0410 e. The first-order valence-corrected chi connectivity index (χ1v) is 5.06. The van der Waals surface area contributed by atoms with Gasteiger partial charge in [0.25, 0.3) is 0 Å². The molecule has 0 aliphatic heterocycles. The Kier molecular flexibility index (Phi) is 3.09. The summed E-state index contributed by atoms with van der Waals surface area (Å²) >= 11 is 3.38. The number of hydrogen-bond acceptors (Lipinski definition) is 2. The summed E-state index contributed by atoms with van der Waals surface area (Å²) in [4.78, 5) is 4.09. The Bertz CT molecular complexity index is 291. The van der Waals surface area contributed by atoms with Gasteiger partial charge in [-0.1, -0.05) is 20.8 Å². The average Bonchev–Trinajstić information content (AvgIpc) is 2.01. The van der Waals surface area contributed by atoms with Crippen LogP contribution in [0, 0.1) is 5.41 Å². The van der Waals surface area contributed by atoms with Gasteiger partial charge in [-0.3, -0.25) is 4.98 Å².